The molecule has 104 valence electrons. The van der Waals surface area contributed by atoms with Crippen molar-refractivity contribution in [3.63, 3.8) is 0 Å². The first-order valence-electron chi connectivity index (χ1n) is 7.80. The summed E-state index contributed by atoms with van der Waals surface area (Å²) in [6.07, 6.45) is 9.31. The summed E-state index contributed by atoms with van der Waals surface area (Å²) in [5.41, 5.74) is 6.01. The van der Waals surface area contributed by atoms with Crippen LogP contribution in [0, 0.1) is 17.8 Å². The Kier molecular flexibility index (Phi) is 9.91. The van der Waals surface area contributed by atoms with Crippen LogP contribution in [-0.2, 0) is 0 Å². The van der Waals surface area contributed by atoms with E-state index in [1.54, 1.807) is 0 Å². The zero-order chi connectivity index (χ0) is 13.3. The van der Waals surface area contributed by atoms with Crippen molar-refractivity contribution in [2.75, 3.05) is 0 Å². The third-order valence-corrected chi connectivity index (χ3v) is 4.01. The molecular weight excluding hydrogens is 206 g/mol. The van der Waals surface area contributed by atoms with E-state index >= 15 is 0 Å². The van der Waals surface area contributed by atoms with Gasteiger partial charge in [-0.2, -0.15) is 0 Å². The third-order valence-electron chi connectivity index (χ3n) is 4.01. The molecule has 0 aromatic carbocycles. The van der Waals surface area contributed by atoms with Gasteiger partial charge in [0, 0.05) is 6.04 Å². The summed E-state index contributed by atoms with van der Waals surface area (Å²) >= 11 is 0. The predicted molar refractivity (Wildman–Crippen MR) is 79.1 cm³/mol. The number of hydrogen-bond acceptors (Lipinski definition) is 1. The van der Waals surface area contributed by atoms with E-state index in [0.717, 1.165) is 17.8 Å². The van der Waals surface area contributed by atoms with Crippen molar-refractivity contribution in [3.05, 3.63) is 0 Å². The van der Waals surface area contributed by atoms with Crippen LogP contribution in [0.1, 0.15) is 79.6 Å². The van der Waals surface area contributed by atoms with E-state index in [2.05, 4.69) is 34.6 Å². The predicted octanol–water partition coefficient (Wildman–Crippen LogP) is 4.99. The van der Waals surface area contributed by atoms with Gasteiger partial charge in [0.15, 0.2) is 0 Å². The van der Waals surface area contributed by atoms with Crippen LogP contribution in [0.25, 0.3) is 0 Å². The largest absolute Gasteiger partial charge is 0.328 e. The fourth-order valence-electron chi connectivity index (χ4n) is 3.21. The lowest BCUT2D eigenvalue weighted by atomic mass is 9.77. The highest BCUT2D eigenvalue weighted by atomic mass is 14.6. The number of hydrogen-bond donors (Lipinski definition) is 1. The Balaban J connectivity index is 4.32. The molecule has 1 heteroatoms. The van der Waals surface area contributed by atoms with Crippen LogP contribution >= 0.6 is 0 Å². The molecule has 0 heterocycles. The van der Waals surface area contributed by atoms with E-state index in [1.165, 1.54) is 44.9 Å². The summed E-state index contributed by atoms with van der Waals surface area (Å²) < 4.78 is 0. The molecule has 1 nitrogen and oxygen atoms in total. The molecule has 17 heavy (non-hydrogen) atoms. The molecule has 2 N–H and O–H groups in total. The smallest absolute Gasteiger partial charge is 0.00132 e. The Labute approximate surface area is 110 Å². The lowest BCUT2D eigenvalue weighted by Gasteiger charge is -2.29. The van der Waals surface area contributed by atoms with Crippen molar-refractivity contribution in [1.82, 2.24) is 0 Å². The van der Waals surface area contributed by atoms with Crippen LogP contribution in [0.3, 0.4) is 0 Å². The van der Waals surface area contributed by atoms with Gasteiger partial charge >= 0.3 is 0 Å². The molecule has 0 aliphatic rings. The van der Waals surface area contributed by atoms with Crippen LogP contribution < -0.4 is 5.73 Å². The molecule has 0 aliphatic carbocycles. The number of nitrogens with two attached hydrogens (primary N) is 1. The van der Waals surface area contributed by atoms with Gasteiger partial charge < -0.3 is 5.73 Å². The highest BCUT2D eigenvalue weighted by Crippen LogP contribution is 2.31. The third kappa shape index (κ3) is 7.81. The first kappa shape index (κ1) is 17.0. The molecule has 0 fully saturated rings. The minimum atomic E-state index is 0.363. The molecule has 0 rings (SSSR count). The maximum Gasteiger partial charge on any atom is 0.00132 e. The zero-order valence-electron chi connectivity index (χ0n) is 12.8. The van der Waals surface area contributed by atoms with Gasteiger partial charge in [-0.3, -0.25) is 0 Å². The van der Waals surface area contributed by atoms with Gasteiger partial charge in [0.25, 0.3) is 0 Å². The monoisotopic (exact) mass is 241 g/mol. The van der Waals surface area contributed by atoms with Crippen LogP contribution in [0.15, 0.2) is 0 Å². The second kappa shape index (κ2) is 9.94. The van der Waals surface area contributed by atoms with Gasteiger partial charge in [0.05, 0.1) is 0 Å². The van der Waals surface area contributed by atoms with Gasteiger partial charge in [-0.25, -0.2) is 0 Å². The molecule has 0 spiro atoms. The first-order chi connectivity index (χ1) is 8.04. The minimum absolute atomic E-state index is 0.363. The van der Waals surface area contributed by atoms with Crippen LogP contribution in [0.4, 0.5) is 0 Å². The van der Waals surface area contributed by atoms with E-state index < -0.39 is 0 Å². The van der Waals surface area contributed by atoms with E-state index in [1.807, 2.05) is 0 Å². The molecule has 0 radical (unpaired) electrons. The van der Waals surface area contributed by atoms with Crippen molar-refractivity contribution in [3.8, 4) is 0 Å². The molecule has 0 bridgehead atoms. The Morgan fingerprint density at radius 3 is 1.82 bits per heavy atom. The molecule has 0 saturated heterocycles. The van der Waals surface area contributed by atoms with Gasteiger partial charge in [0.1, 0.15) is 0 Å². The average Bonchev–Trinajstić information content (AvgIpc) is 2.25. The normalized spacial score (nSPS) is 18.7. The van der Waals surface area contributed by atoms with Gasteiger partial charge in [-0.15, -0.1) is 0 Å². The Morgan fingerprint density at radius 1 is 0.824 bits per heavy atom. The minimum Gasteiger partial charge on any atom is -0.328 e. The van der Waals surface area contributed by atoms with E-state index in [4.69, 9.17) is 5.73 Å². The Hall–Kier alpha value is -0.0400. The lowest BCUT2D eigenvalue weighted by Crippen LogP contribution is -2.25. The molecule has 0 aromatic heterocycles. The highest BCUT2D eigenvalue weighted by Gasteiger charge is 2.22. The topological polar surface area (TPSA) is 26.0 Å². The first-order valence-corrected chi connectivity index (χ1v) is 7.80. The standard InChI is InChI=1S/C16H35N/c1-6-9-13(4)11-15(8-3)16(10-7-2)12-14(5)17/h13-16H,6-12,17H2,1-5H3. The fraction of sp³-hybridized carbons (Fsp3) is 1.00. The average molecular weight is 241 g/mol. The Bertz CT molecular complexity index is 165. The van der Waals surface area contributed by atoms with Crippen molar-refractivity contribution >= 4 is 0 Å². The summed E-state index contributed by atoms with van der Waals surface area (Å²) in [4.78, 5) is 0. The molecule has 0 saturated carbocycles. The summed E-state index contributed by atoms with van der Waals surface area (Å²) in [6.45, 7) is 11.5. The molecule has 0 amide bonds. The van der Waals surface area contributed by atoms with Crippen molar-refractivity contribution < 1.29 is 0 Å². The quantitative estimate of drug-likeness (QED) is 0.573. The van der Waals surface area contributed by atoms with Crippen molar-refractivity contribution in [2.45, 2.75) is 85.6 Å². The summed E-state index contributed by atoms with van der Waals surface area (Å²) in [6, 6.07) is 0.363. The molecule has 4 unspecified atom stereocenters. The Morgan fingerprint density at radius 2 is 1.41 bits per heavy atom. The molecular formula is C16H35N. The lowest BCUT2D eigenvalue weighted by molar-refractivity contribution is 0.224. The maximum absolute atomic E-state index is 6.01. The summed E-state index contributed by atoms with van der Waals surface area (Å²) in [5, 5.41) is 0. The van der Waals surface area contributed by atoms with Gasteiger partial charge in [0.2, 0.25) is 0 Å². The second-order valence-corrected chi connectivity index (χ2v) is 6.06. The number of rotatable bonds is 10. The van der Waals surface area contributed by atoms with Gasteiger partial charge in [-0.1, -0.05) is 59.8 Å². The SMILES string of the molecule is CCCC(C)CC(CC)C(CCC)CC(C)N. The molecule has 4 atom stereocenters. The fourth-order valence-corrected chi connectivity index (χ4v) is 3.21. The van der Waals surface area contributed by atoms with Crippen LogP contribution in [0.2, 0.25) is 0 Å². The summed E-state index contributed by atoms with van der Waals surface area (Å²) in [5.74, 6) is 2.63. The summed E-state index contributed by atoms with van der Waals surface area (Å²) in [7, 11) is 0. The molecule has 0 aliphatic heterocycles. The van der Waals surface area contributed by atoms with Crippen LogP contribution in [-0.4, -0.2) is 6.04 Å². The second-order valence-electron chi connectivity index (χ2n) is 6.06. The van der Waals surface area contributed by atoms with E-state index in [0.29, 0.717) is 6.04 Å². The van der Waals surface area contributed by atoms with Crippen molar-refractivity contribution in [1.29, 1.82) is 0 Å². The van der Waals surface area contributed by atoms with Crippen molar-refractivity contribution in [2.24, 2.45) is 23.5 Å². The highest BCUT2D eigenvalue weighted by molar-refractivity contribution is 4.74. The van der Waals surface area contributed by atoms with Gasteiger partial charge in [-0.05, 0) is 37.5 Å². The maximum atomic E-state index is 6.01. The van der Waals surface area contributed by atoms with Crippen LogP contribution in [0.5, 0.6) is 0 Å². The molecule has 0 aromatic rings. The zero-order valence-corrected chi connectivity index (χ0v) is 12.8. The van der Waals surface area contributed by atoms with E-state index in [-0.39, 0.29) is 0 Å². The van der Waals surface area contributed by atoms with E-state index in [9.17, 15) is 0 Å².